The molecule has 24 heavy (non-hydrogen) atoms. The summed E-state index contributed by atoms with van der Waals surface area (Å²) in [6.07, 6.45) is 6.43. The van der Waals surface area contributed by atoms with Crippen molar-refractivity contribution in [3.8, 4) is 5.69 Å². The Bertz CT molecular complexity index is 785. The van der Waals surface area contributed by atoms with Gasteiger partial charge in [-0.05, 0) is 30.5 Å². The van der Waals surface area contributed by atoms with E-state index in [4.69, 9.17) is 11.6 Å². The summed E-state index contributed by atoms with van der Waals surface area (Å²) in [6.45, 7) is 4.15. The Balaban J connectivity index is 1.82. The van der Waals surface area contributed by atoms with Gasteiger partial charge < -0.3 is 5.32 Å². The molecular formula is C17H19ClN6. The molecule has 3 aromatic rings. The summed E-state index contributed by atoms with van der Waals surface area (Å²) in [4.78, 5) is 12.5. The summed E-state index contributed by atoms with van der Waals surface area (Å²) >= 11 is 6.38. The van der Waals surface area contributed by atoms with Crippen LogP contribution in [-0.2, 0) is 6.42 Å². The summed E-state index contributed by atoms with van der Waals surface area (Å²) in [5, 5.41) is 8.15. The molecule has 2 aromatic heterocycles. The topological polar surface area (TPSA) is 68.5 Å². The van der Waals surface area contributed by atoms with Gasteiger partial charge in [-0.2, -0.15) is 5.10 Å². The Morgan fingerprint density at radius 2 is 1.92 bits per heavy atom. The Morgan fingerprint density at radius 1 is 1.12 bits per heavy atom. The van der Waals surface area contributed by atoms with Crippen LogP contribution < -0.4 is 5.32 Å². The van der Waals surface area contributed by atoms with Crippen molar-refractivity contribution in [2.45, 2.75) is 32.7 Å². The van der Waals surface area contributed by atoms with Crippen molar-refractivity contribution >= 4 is 17.4 Å². The molecule has 0 fully saturated rings. The van der Waals surface area contributed by atoms with Crippen LogP contribution in [0.25, 0.3) is 5.69 Å². The van der Waals surface area contributed by atoms with Crippen LogP contribution in [0, 0.1) is 0 Å². The molecule has 2 heterocycles. The molecule has 0 aliphatic rings. The zero-order chi connectivity index (χ0) is 16.9. The molecule has 6 nitrogen and oxygen atoms in total. The number of anilines is 1. The smallest absolute Gasteiger partial charge is 0.149 e. The molecule has 0 radical (unpaired) electrons. The minimum absolute atomic E-state index is 0.118. The van der Waals surface area contributed by atoms with E-state index < -0.39 is 0 Å². The molecule has 0 amide bonds. The number of nitrogens with one attached hydrogen (secondary N) is 1. The van der Waals surface area contributed by atoms with Gasteiger partial charge in [0, 0.05) is 0 Å². The van der Waals surface area contributed by atoms with Gasteiger partial charge in [0.25, 0.3) is 0 Å². The standard InChI is InChI=1S/C17H19ClN6/c1-3-14(23-17-16(18)15(4-2)20-10-21-17)12-5-7-13(8-6-12)24-11-19-9-22-24/h5-11,14H,3-4H2,1-2H3,(H,20,21,23). The zero-order valence-electron chi connectivity index (χ0n) is 13.6. The van der Waals surface area contributed by atoms with Gasteiger partial charge in [0.2, 0.25) is 0 Å². The van der Waals surface area contributed by atoms with E-state index >= 15 is 0 Å². The summed E-state index contributed by atoms with van der Waals surface area (Å²) in [7, 11) is 0. The summed E-state index contributed by atoms with van der Waals surface area (Å²) in [6, 6.07) is 8.31. The molecule has 1 atom stereocenters. The van der Waals surface area contributed by atoms with E-state index in [0.29, 0.717) is 10.8 Å². The lowest BCUT2D eigenvalue weighted by molar-refractivity contribution is 0.741. The number of hydrogen-bond acceptors (Lipinski definition) is 5. The first-order chi connectivity index (χ1) is 11.7. The largest absolute Gasteiger partial charge is 0.362 e. The predicted octanol–water partition coefficient (Wildman–Crippen LogP) is 3.84. The monoisotopic (exact) mass is 342 g/mol. The van der Waals surface area contributed by atoms with Gasteiger partial charge >= 0.3 is 0 Å². The number of halogens is 1. The summed E-state index contributed by atoms with van der Waals surface area (Å²) in [5.41, 5.74) is 2.99. The fourth-order valence-electron chi connectivity index (χ4n) is 2.54. The quantitative estimate of drug-likeness (QED) is 0.737. The minimum atomic E-state index is 0.118. The number of nitrogens with zero attached hydrogens (tertiary/aromatic N) is 5. The van der Waals surface area contributed by atoms with Crippen LogP contribution in [0.5, 0.6) is 0 Å². The molecule has 3 rings (SSSR count). The van der Waals surface area contributed by atoms with Gasteiger partial charge in [-0.25, -0.2) is 19.6 Å². The SMILES string of the molecule is CCc1ncnc(NC(CC)c2ccc(-n3cncn3)cc2)c1Cl. The third-order valence-electron chi connectivity index (χ3n) is 3.89. The maximum Gasteiger partial charge on any atom is 0.149 e. The third-order valence-corrected chi connectivity index (χ3v) is 4.29. The lowest BCUT2D eigenvalue weighted by Gasteiger charge is -2.19. The molecule has 0 bridgehead atoms. The normalized spacial score (nSPS) is 12.1. The highest BCUT2D eigenvalue weighted by molar-refractivity contribution is 6.33. The molecule has 1 N–H and O–H groups in total. The molecule has 7 heteroatoms. The maximum atomic E-state index is 6.38. The van der Waals surface area contributed by atoms with Gasteiger partial charge in [-0.1, -0.05) is 37.6 Å². The fraction of sp³-hybridized carbons (Fsp3) is 0.294. The average Bonchev–Trinajstić information content (AvgIpc) is 3.16. The highest BCUT2D eigenvalue weighted by atomic mass is 35.5. The van der Waals surface area contributed by atoms with Crippen molar-refractivity contribution in [2.75, 3.05) is 5.32 Å². The van der Waals surface area contributed by atoms with E-state index in [1.165, 1.54) is 6.33 Å². The number of benzene rings is 1. The zero-order valence-corrected chi connectivity index (χ0v) is 14.4. The third kappa shape index (κ3) is 3.38. The molecule has 1 aromatic carbocycles. The number of aromatic nitrogens is 5. The molecule has 0 saturated carbocycles. The second kappa shape index (κ2) is 7.40. The maximum absolute atomic E-state index is 6.38. The van der Waals surface area contributed by atoms with E-state index in [9.17, 15) is 0 Å². The molecule has 0 aliphatic heterocycles. The Morgan fingerprint density at radius 3 is 2.54 bits per heavy atom. The van der Waals surface area contributed by atoms with Crippen molar-refractivity contribution in [3.05, 3.63) is 59.5 Å². The van der Waals surface area contributed by atoms with E-state index in [0.717, 1.165) is 29.8 Å². The molecule has 0 spiro atoms. The van der Waals surface area contributed by atoms with Crippen LogP contribution in [0.3, 0.4) is 0 Å². The number of aryl methyl sites for hydroxylation is 1. The minimum Gasteiger partial charge on any atom is -0.362 e. The van der Waals surface area contributed by atoms with Gasteiger partial charge in [-0.15, -0.1) is 0 Å². The molecule has 0 aliphatic carbocycles. The predicted molar refractivity (Wildman–Crippen MR) is 94.4 cm³/mol. The lowest BCUT2D eigenvalue weighted by atomic mass is 10.0. The fourth-order valence-corrected chi connectivity index (χ4v) is 2.83. The Kier molecular flexibility index (Phi) is 5.05. The first-order valence-corrected chi connectivity index (χ1v) is 8.31. The summed E-state index contributed by atoms with van der Waals surface area (Å²) < 4.78 is 1.73. The summed E-state index contributed by atoms with van der Waals surface area (Å²) in [5.74, 6) is 0.677. The van der Waals surface area contributed by atoms with Gasteiger partial charge in [-0.3, -0.25) is 0 Å². The number of hydrogen-bond donors (Lipinski definition) is 1. The van der Waals surface area contributed by atoms with Crippen LogP contribution in [-0.4, -0.2) is 24.7 Å². The van der Waals surface area contributed by atoms with E-state index in [2.05, 4.69) is 44.4 Å². The van der Waals surface area contributed by atoms with Crippen molar-refractivity contribution in [3.63, 3.8) is 0 Å². The second-order valence-electron chi connectivity index (χ2n) is 5.37. The highest BCUT2D eigenvalue weighted by Gasteiger charge is 2.14. The van der Waals surface area contributed by atoms with Gasteiger partial charge in [0.05, 0.1) is 17.4 Å². The molecule has 1 unspecified atom stereocenters. The molecule has 124 valence electrons. The van der Waals surface area contributed by atoms with E-state index in [-0.39, 0.29) is 6.04 Å². The lowest BCUT2D eigenvalue weighted by Crippen LogP contribution is -2.12. The van der Waals surface area contributed by atoms with Crippen LogP contribution >= 0.6 is 11.6 Å². The second-order valence-corrected chi connectivity index (χ2v) is 5.75. The molecule has 0 saturated heterocycles. The first kappa shape index (κ1) is 16.4. The van der Waals surface area contributed by atoms with Crippen LogP contribution in [0.2, 0.25) is 5.02 Å². The molecular weight excluding hydrogens is 324 g/mol. The number of rotatable bonds is 6. The van der Waals surface area contributed by atoms with Crippen molar-refractivity contribution in [2.24, 2.45) is 0 Å². The Labute approximate surface area is 145 Å². The Hall–Kier alpha value is -2.47. The van der Waals surface area contributed by atoms with Crippen LogP contribution in [0.4, 0.5) is 5.82 Å². The van der Waals surface area contributed by atoms with Crippen LogP contribution in [0.15, 0.2) is 43.2 Å². The van der Waals surface area contributed by atoms with Gasteiger partial charge in [0.15, 0.2) is 0 Å². The van der Waals surface area contributed by atoms with E-state index in [1.54, 1.807) is 17.3 Å². The van der Waals surface area contributed by atoms with Crippen LogP contribution in [0.1, 0.15) is 37.6 Å². The van der Waals surface area contributed by atoms with Gasteiger partial charge in [0.1, 0.15) is 29.8 Å². The van der Waals surface area contributed by atoms with Crippen molar-refractivity contribution < 1.29 is 0 Å². The first-order valence-electron chi connectivity index (χ1n) is 7.93. The average molecular weight is 343 g/mol. The van der Waals surface area contributed by atoms with Crippen molar-refractivity contribution in [1.29, 1.82) is 0 Å². The highest BCUT2D eigenvalue weighted by Crippen LogP contribution is 2.28. The van der Waals surface area contributed by atoms with Crippen molar-refractivity contribution in [1.82, 2.24) is 24.7 Å². The van der Waals surface area contributed by atoms with E-state index in [1.807, 2.05) is 19.1 Å².